The van der Waals surface area contributed by atoms with Crippen molar-refractivity contribution < 1.29 is 17.0 Å². The zero-order valence-corrected chi connectivity index (χ0v) is 18.9. The molecule has 0 aliphatic rings. The van der Waals surface area contributed by atoms with Gasteiger partial charge in [0.1, 0.15) is 23.2 Å². The predicted octanol–water partition coefficient (Wildman–Crippen LogP) is 1.11. The number of benzene rings is 3. The second kappa shape index (κ2) is 11.0. The molecular formula is C24H27BrN3P. The van der Waals surface area contributed by atoms with Crippen molar-refractivity contribution >= 4 is 34.7 Å². The second-order valence-corrected chi connectivity index (χ2v) is 10.6. The normalized spacial score (nSPS) is 10.8. The predicted molar refractivity (Wildman–Crippen MR) is 124 cm³/mol. The van der Waals surface area contributed by atoms with Gasteiger partial charge in [-0.15, -0.1) is 0 Å². The first-order chi connectivity index (χ1) is 13.6. The summed E-state index contributed by atoms with van der Waals surface area (Å²) in [5, 5.41) is 19.7. The Bertz CT molecular complexity index is 818. The number of hydrogen-bond acceptors (Lipinski definition) is 2. The van der Waals surface area contributed by atoms with Crippen LogP contribution < -0.4 is 38.6 Å². The van der Waals surface area contributed by atoms with E-state index in [-0.39, 0.29) is 29.2 Å². The van der Waals surface area contributed by atoms with Crippen LogP contribution in [-0.4, -0.2) is 17.7 Å². The molecule has 0 radical (unpaired) electrons. The fraction of sp³-hybridized carbons (Fsp3) is 0.167. The Hall–Kier alpha value is -2.29. The lowest BCUT2D eigenvalue weighted by molar-refractivity contribution is -0.00000631. The minimum Gasteiger partial charge on any atom is -1.00 e. The van der Waals surface area contributed by atoms with Crippen molar-refractivity contribution in [3.8, 4) is 0 Å². The van der Waals surface area contributed by atoms with Gasteiger partial charge in [0.2, 0.25) is 0 Å². The highest BCUT2D eigenvalue weighted by Gasteiger charge is 2.44. The number of nitrogens with one attached hydrogen (secondary N) is 2. The minimum atomic E-state index is -1.83. The quantitative estimate of drug-likeness (QED) is 0.246. The van der Waals surface area contributed by atoms with Crippen LogP contribution in [0, 0.1) is 10.8 Å². The number of rotatable bonds is 9. The van der Waals surface area contributed by atoms with E-state index in [9.17, 15) is 0 Å². The fourth-order valence-electron chi connectivity index (χ4n) is 3.73. The third kappa shape index (κ3) is 5.62. The molecule has 0 spiro atoms. The molecule has 0 fully saturated rings. The Labute approximate surface area is 184 Å². The average molecular weight is 468 g/mol. The van der Waals surface area contributed by atoms with Gasteiger partial charge in [0.15, 0.2) is 0 Å². The molecule has 3 rings (SSSR count). The molecule has 0 aliphatic carbocycles. The van der Waals surface area contributed by atoms with E-state index in [1.165, 1.54) is 15.9 Å². The summed E-state index contributed by atoms with van der Waals surface area (Å²) in [6.45, 7) is 0. The molecule has 4 N–H and O–H groups in total. The Kier molecular flexibility index (Phi) is 8.75. The van der Waals surface area contributed by atoms with Gasteiger partial charge in [-0.1, -0.05) is 54.6 Å². The Morgan fingerprint density at radius 1 is 0.690 bits per heavy atom. The minimum absolute atomic E-state index is 0. The third-order valence-electron chi connectivity index (χ3n) is 4.97. The van der Waals surface area contributed by atoms with Crippen molar-refractivity contribution in [2.45, 2.75) is 19.3 Å². The van der Waals surface area contributed by atoms with E-state index >= 15 is 0 Å². The van der Waals surface area contributed by atoms with E-state index in [0.717, 1.165) is 12.6 Å². The van der Waals surface area contributed by atoms with Gasteiger partial charge in [0.05, 0.1) is 12.0 Å². The molecule has 0 aliphatic heterocycles. The summed E-state index contributed by atoms with van der Waals surface area (Å²) >= 11 is 0. The summed E-state index contributed by atoms with van der Waals surface area (Å²) in [6, 6.07) is 32.4. The van der Waals surface area contributed by atoms with E-state index < -0.39 is 7.26 Å². The van der Waals surface area contributed by atoms with Crippen LogP contribution in [0.1, 0.15) is 19.3 Å². The molecule has 0 atom stereocenters. The molecule has 0 heterocycles. The van der Waals surface area contributed by atoms with Gasteiger partial charge in [0, 0.05) is 12.1 Å². The summed E-state index contributed by atoms with van der Waals surface area (Å²) < 4.78 is 0. The lowest BCUT2D eigenvalue weighted by atomic mass is 10.1. The molecule has 0 unspecified atom stereocenters. The smallest absolute Gasteiger partial charge is 0.112 e. The Balaban J connectivity index is 0.00000300. The maximum absolute atomic E-state index is 8.13. The second-order valence-electron chi connectivity index (χ2n) is 6.95. The van der Waals surface area contributed by atoms with E-state index in [2.05, 4.69) is 91.0 Å². The molecule has 0 saturated carbocycles. The van der Waals surface area contributed by atoms with Crippen molar-refractivity contribution in [1.29, 1.82) is 10.8 Å². The van der Waals surface area contributed by atoms with Crippen LogP contribution in [0.25, 0.3) is 0 Å². The first kappa shape index (κ1) is 23.0. The summed E-state index contributed by atoms with van der Waals surface area (Å²) in [5.74, 6) is 0.0697. The molecule has 3 aromatic rings. The topological polar surface area (TPSA) is 73.7 Å². The maximum atomic E-state index is 8.13. The zero-order chi connectivity index (χ0) is 19.8. The first-order valence-corrected chi connectivity index (χ1v) is 11.5. The summed E-state index contributed by atoms with van der Waals surface area (Å²) in [6.07, 6.45) is 2.84. The molecular weight excluding hydrogens is 441 g/mol. The van der Waals surface area contributed by atoms with Crippen molar-refractivity contribution in [2.24, 2.45) is 5.73 Å². The van der Waals surface area contributed by atoms with Crippen LogP contribution in [-0.2, 0) is 0 Å². The van der Waals surface area contributed by atoms with Gasteiger partial charge in [-0.05, 0) is 49.2 Å². The van der Waals surface area contributed by atoms with Crippen LogP contribution in [0.15, 0.2) is 91.0 Å². The summed E-state index contributed by atoms with van der Waals surface area (Å²) in [4.78, 5) is 0. The van der Waals surface area contributed by atoms with Gasteiger partial charge in [-0.2, -0.15) is 0 Å². The number of amidine groups is 1. The van der Waals surface area contributed by atoms with E-state index in [1.54, 1.807) is 0 Å². The van der Waals surface area contributed by atoms with Crippen LogP contribution in [0.4, 0.5) is 0 Å². The Morgan fingerprint density at radius 3 is 1.41 bits per heavy atom. The highest BCUT2D eigenvalue weighted by atomic mass is 79.9. The molecule has 150 valence electrons. The standard InChI is InChI=1S/C24H27N3P.BrH/c25-20(19-24(26)27)11-10-18-28(21-12-4-1-5-13-21,22-14-6-2-7-15-22)23-16-8-3-9-17-23;/h1-9,12-17,25H,10-11,18-19H2,(H3,26,27);1H/q+1;/p-1. The molecule has 3 nitrogen and oxygen atoms in total. The molecule has 0 amide bonds. The highest BCUT2D eigenvalue weighted by Crippen LogP contribution is 2.55. The van der Waals surface area contributed by atoms with Gasteiger partial charge in [0.25, 0.3) is 0 Å². The van der Waals surface area contributed by atoms with Gasteiger partial charge < -0.3 is 28.1 Å². The van der Waals surface area contributed by atoms with Crippen molar-refractivity contribution in [2.75, 3.05) is 6.16 Å². The molecule has 0 bridgehead atoms. The highest BCUT2D eigenvalue weighted by molar-refractivity contribution is 7.95. The van der Waals surface area contributed by atoms with Crippen molar-refractivity contribution in [1.82, 2.24) is 0 Å². The van der Waals surface area contributed by atoms with Crippen LogP contribution in [0.2, 0.25) is 0 Å². The van der Waals surface area contributed by atoms with Crippen LogP contribution >= 0.6 is 7.26 Å². The zero-order valence-electron chi connectivity index (χ0n) is 16.4. The summed E-state index contributed by atoms with van der Waals surface area (Å²) in [7, 11) is -1.83. The van der Waals surface area contributed by atoms with Gasteiger partial charge >= 0.3 is 0 Å². The summed E-state index contributed by atoms with van der Waals surface area (Å²) in [5.41, 5.74) is 6.01. The SMILES string of the molecule is N=C(N)CC(=N)CCC[P+](c1ccccc1)(c1ccccc1)c1ccccc1.[Br-]. The van der Waals surface area contributed by atoms with Crippen molar-refractivity contribution in [3.63, 3.8) is 0 Å². The monoisotopic (exact) mass is 467 g/mol. The van der Waals surface area contributed by atoms with Crippen LogP contribution in [0.3, 0.4) is 0 Å². The molecule has 5 heteroatoms. The van der Waals surface area contributed by atoms with Crippen molar-refractivity contribution in [3.05, 3.63) is 91.0 Å². The molecule has 3 aromatic carbocycles. The van der Waals surface area contributed by atoms with Gasteiger partial charge in [-0.25, -0.2) is 0 Å². The first-order valence-electron chi connectivity index (χ1n) is 9.57. The fourth-order valence-corrected chi connectivity index (χ4v) is 8.07. The van der Waals surface area contributed by atoms with E-state index in [1.807, 2.05) is 0 Å². The molecule has 0 saturated heterocycles. The Morgan fingerprint density at radius 2 is 1.07 bits per heavy atom. The van der Waals surface area contributed by atoms with Gasteiger partial charge in [-0.3, -0.25) is 5.41 Å². The number of hydrogen-bond donors (Lipinski definition) is 3. The van der Waals surface area contributed by atoms with E-state index in [4.69, 9.17) is 16.6 Å². The largest absolute Gasteiger partial charge is 1.00 e. The lowest BCUT2D eigenvalue weighted by Gasteiger charge is -2.27. The molecule has 29 heavy (non-hydrogen) atoms. The van der Waals surface area contributed by atoms with E-state index in [0.29, 0.717) is 12.1 Å². The maximum Gasteiger partial charge on any atom is 0.112 e. The lowest BCUT2D eigenvalue weighted by Crippen LogP contribution is -3.00. The number of halogens is 1. The third-order valence-corrected chi connectivity index (χ3v) is 9.49. The average Bonchev–Trinajstić information content (AvgIpc) is 2.73. The molecule has 0 aromatic heterocycles. The number of nitrogens with two attached hydrogens (primary N) is 1. The van der Waals surface area contributed by atoms with Crippen LogP contribution in [0.5, 0.6) is 0 Å².